The Bertz CT molecular complexity index is 858. The van der Waals surface area contributed by atoms with Gasteiger partial charge in [0.05, 0.1) is 0 Å². The first-order chi connectivity index (χ1) is 14.2. The molecule has 1 saturated heterocycles. The number of carbonyl (C=O) groups is 1. The Balaban J connectivity index is 1.23. The molecule has 2 aromatic carbocycles. The molecule has 154 valence electrons. The number of amides is 1. The Morgan fingerprint density at radius 2 is 2.00 bits per heavy atom. The van der Waals surface area contributed by atoms with Gasteiger partial charge in [-0.15, -0.1) is 0 Å². The van der Waals surface area contributed by atoms with Crippen LogP contribution >= 0.6 is 11.6 Å². The fourth-order valence-corrected chi connectivity index (χ4v) is 4.35. The number of nitrogens with one attached hydrogen (secondary N) is 1. The van der Waals surface area contributed by atoms with Gasteiger partial charge in [0.2, 0.25) is 12.7 Å². The van der Waals surface area contributed by atoms with E-state index in [9.17, 15) is 4.79 Å². The van der Waals surface area contributed by atoms with Crippen molar-refractivity contribution in [3.8, 4) is 11.5 Å². The third-order valence-corrected chi connectivity index (χ3v) is 6.06. The van der Waals surface area contributed by atoms with E-state index in [1.54, 1.807) is 0 Å². The lowest BCUT2D eigenvalue weighted by Gasteiger charge is -2.33. The van der Waals surface area contributed by atoms with Crippen molar-refractivity contribution in [2.24, 2.45) is 5.92 Å². The highest BCUT2D eigenvalue weighted by Gasteiger charge is 2.23. The van der Waals surface area contributed by atoms with Crippen LogP contribution in [-0.2, 0) is 17.9 Å². The van der Waals surface area contributed by atoms with Crippen molar-refractivity contribution < 1.29 is 14.3 Å². The summed E-state index contributed by atoms with van der Waals surface area (Å²) in [5, 5.41) is 3.68. The van der Waals surface area contributed by atoms with Gasteiger partial charge < -0.3 is 14.8 Å². The van der Waals surface area contributed by atoms with Crippen LogP contribution in [0.1, 0.15) is 36.8 Å². The molecule has 0 unspecified atom stereocenters. The normalized spacial score (nSPS) is 18.6. The molecule has 0 aliphatic carbocycles. The molecule has 0 radical (unpaired) electrons. The highest BCUT2D eigenvalue weighted by atomic mass is 35.5. The summed E-state index contributed by atoms with van der Waals surface area (Å²) in [6.45, 7) is 3.75. The summed E-state index contributed by atoms with van der Waals surface area (Å²) >= 11 is 6.15. The Labute approximate surface area is 176 Å². The predicted molar refractivity (Wildman–Crippen MR) is 113 cm³/mol. The van der Waals surface area contributed by atoms with Gasteiger partial charge in [0, 0.05) is 36.6 Å². The molecule has 2 heterocycles. The minimum absolute atomic E-state index is 0.0912. The number of halogens is 1. The molecule has 0 saturated carbocycles. The molecule has 1 amide bonds. The monoisotopic (exact) mass is 414 g/mol. The number of nitrogens with zero attached hydrogens (tertiary/aromatic N) is 1. The SMILES string of the molecule is O=C(CC[C@@H]1CCCN(Cc2cccc3c2OCO3)C1)NCc1ccccc1Cl. The molecule has 1 atom stereocenters. The second-order valence-corrected chi connectivity index (χ2v) is 8.21. The average Bonchev–Trinajstić information content (AvgIpc) is 3.22. The van der Waals surface area contributed by atoms with E-state index in [-0.39, 0.29) is 5.91 Å². The van der Waals surface area contributed by atoms with Crippen molar-refractivity contribution in [1.29, 1.82) is 0 Å². The number of likely N-dealkylation sites (tertiary alicyclic amines) is 1. The molecule has 4 rings (SSSR count). The number of benzene rings is 2. The number of para-hydroxylation sites is 1. The standard InChI is InChI=1S/C23H27ClN2O3/c24-20-8-2-1-6-18(20)13-25-22(27)11-10-17-5-4-12-26(14-17)15-19-7-3-9-21-23(19)29-16-28-21/h1-3,6-9,17H,4-5,10-16H2,(H,25,27)/t17-/m0/s1. The fourth-order valence-electron chi connectivity index (χ4n) is 4.15. The van der Waals surface area contributed by atoms with Crippen molar-refractivity contribution in [2.45, 2.75) is 38.8 Å². The van der Waals surface area contributed by atoms with Crippen LogP contribution in [-0.4, -0.2) is 30.7 Å². The minimum atomic E-state index is 0.0912. The second-order valence-electron chi connectivity index (χ2n) is 7.80. The van der Waals surface area contributed by atoms with Gasteiger partial charge in [-0.25, -0.2) is 0 Å². The Hall–Kier alpha value is -2.24. The first kappa shape index (κ1) is 20.0. The summed E-state index contributed by atoms with van der Waals surface area (Å²) < 4.78 is 11.1. The Kier molecular flexibility index (Phi) is 6.57. The zero-order chi connectivity index (χ0) is 20.1. The van der Waals surface area contributed by atoms with Crippen molar-refractivity contribution >= 4 is 17.5 Å². The van der Waals surface area contributed by atoms with E-state index in [0.29, 0.717) is 30.7 Å². The molecule has 0 bridgehead atoms. The maximum absolute atomic E-state index is 12.3. The molecule has 5 nitrogen and oxygen atoms in total. The third kappa shape index (κ3) is 5.22. The Morgan fingerprint density at radius 3 is 2.90 bits per heavy atom. The van der Waals surface area contributed by atoms with Crippen LogP contribution in [0.4, 0.5) is 0 Å². The van der Waals surface area contributed by atoms with E-state index in [1.165, 1.54) is 12.0 Å². The minimum Gasteiger partial charge on any atom is -0.454 e. The van der Waals surface area contributed by atoms with Crippen LogP contribution in [0, 0.1) is 5.92 Å². The highest BCUT2D eigenvalue weighted by Crippen LogP contribution is 2.36. The van der Waals surface area contributed by atoms with Gasteiger partial charge in [0.15, 0.2) is 11.5 Å². The summed E-state index contributed by atoms with van der Waals surface area (Å²) in [5.41, 5.74) is 2.13. The van der Waals surface area contributed by atoms with Crippen molar-refractivity contribution in [2.75, 3.05) is 19.9 Å². The summed E-state index contributed by atoms with van der Waals surface area (Å²) in [7, 11) is 0. The summed E-state index contributed by atoms with van der Waals surface area (Å²) in [6, 6.07) is 13.7. The maximum atomic E-state index is 12.3. The molecule has 2 aliphatic heterocycles. The van der Waals surface area contributed by atoms with Crippen molar-refractivity contribution in [1.82, 2.24) is 10.2 Å². The number of rotatable bonds is 7. The van der Waals surface area contributed by atoms with E-state index >= 15 is 0 Å². The summed E-state index contributed by atoms with van der Waals surface area (Å²) in [6.07, 6.45) is 3.82. The van der Waals surface area contributed by atoms with Crippen LogP contribution < -0.4 is 14.8 Å². The summed E-state index contributed by atoms with van der Waals surface area (Å²) in [5.74, 6) is 2.36. The topological polar surface area (TPSA) is 50.8 Å². The second kappa shape index (κ2) is 9.51. The summed E-state index contributed by atoms with van der Waals surface area (Å²) in [4.78, 5) is 14.7. The molecule has 0 spiro atoms. The largest absolute Gasteiger partial charge is 0.454 e. The Morgan fingerprint density at radius 1 is 1.14 bits per heavy atom. The van der Waals surface area contributed by atoms with Crippen LogP contribution in [0.25, 0.3) is 0 Å². The third-order valence-electron chi connectivity index (χ3n) is 5.69. The number of piperidine rings is 1. The number of hydrogen-bond donors (Lipinski definition) is 1. The molecule has 1 N–H and O–H groups in total. The van der Waals surface area contributed by atoms with Gasteiger partial charge in [-0.3, -0.25) is 9.69 Å². The fraction of sp³-hybridized carbons (Fsp3) is 0.435. The van der Waals surface area contributed by atoms with Gasteiger partial charge in [0.25, 0.3) is 0 Å². The first-order valence-electron chi connectivity index (χ1n) is 10.3. The zero-order valence-corrected chi connectivity index (χ0v) is 17.3. The van der Waals surface area contributed by atoms with Gasteiger partial charge in [-0.1, -0.05) is 41.9 Å². The van der Waals surface area contributed by atoms with Gasteiger partial charge in [0.1, 0.15) is 0 Å². The number of hydrogen-bond acceptors (Lipinski definition) is 4. The number of fused-ring (bicyclic) bond motifs is 1. The molecular formula is C23H27ClN2O3. The molecule has 1 fully saturated rings. The van der Waals surface area contributed by atoms with E-state index in [0.717, 1.165) is 49.5 Å². The molecule has 6 heteroatoms. The molecule has 2 aliphatic rings. The molecule has 29 heavy (non-hydrogen) atoms. The van der Waals surface area contributed by atoms with Gasteiger partial charge in [-0.2, -0.15) is 0 Å². The van der Waals surface area contributed by atoms with Crippen molar-refractivity contribution in [3.63, 3.8) is 0 Å². The number of carbonyl (C=O) groups excluding carboxylic acids is 1. The van der Waals surface area contributed by atoms with Crippen molar-refractivity contribution in [3.05, 3.63) is 58.6 Å². The van der Waals surface area contributed by atoms with Crippen LogP contribution in [0.5, 0.6) is 11.5 Å². The lowest BCUT2D eigenvalue weighted by molar-refractivity contribution is -0.121. The smallest absolute Gasteiger partial charge is 0.231 e. The van der Waals surface area contributed by atoms with Gasteiger partial charge in [-0.05, 0) is 49.4 Å². The van der Waals surface area contributed by atoms with E-state index in [4.69, 9.17) is 21.1 Å². The first-order valence-corrected chi connectivity index (χ1v) is 10.7. The molecule has 2 aromatic rings. The molecule has 0 aromatic heterocycles. The van der Waals surface area contributed by atoms with Crippen LogP contribution in [0.15, 0.2) is 42.5 Å². The van der Waals surface area contributed by atoms with Gasteiger partial charge >= 0.3 is 0 Å². The lowest BCUT2D eigenvalue weighted by atomic mass is 9.93. The van der Waals surface area contributed by atoms with E-state index in [2.05, 4.69) is 16.3 Å². The maximum Gasteiger partial charge on any atom is 0.231 e. The lowest BCUT2D eigenvalue weighted by Crippen LogP contribution is -2.35. The number of ether oxygens (including phenoxy) is 2. The van der Waals surface area contributed by atoms with E-state index in [1.807, 2.05) is 36.4 Å². The van der Waals surface area contributed by atoms with Crippen LogP contribution in [0.3, 0.4) is 0 Å². The highest BCUT2D eigenvalue weighted by molar-refractivity contribution is 6.31. The molecular weight excluding hydrogens is 388 g/mol. The average molecular weight is 415 g/mol. The quantitative estimate of drug-likeness (QED) is 0.730. The zero-order valence-electron chi connectivity index (χ0n) is 16.5. The predicted octanol–water partition coefficient (Wildman–Crippen LogP) is 4.38. The van der Waals surface area contributed by atoms with E-state index < -0.39 is 0 Å². The van der Waals surface area contributed by atoms with Crippen LogP contribution in [0.2, 0.25) is 5.02 Å².